The Morgan fingerprint density at radius 1 is 0.941 bits per heavy atom. The number of para-hydroxylation sites is 3. The van der Waals surface area contributed by atoms with E-state index in [0.717, 1.165) is 11.1 Å². The Bertz CT molecular complexity index is 1720. The Balaban J connectivity index is 1.81. The molecule has 8 nitrogen and oxygen atoms in total. The first-order chi connectivity index (χ1) is 16.3. The van der Waals surface area contributed by atoms with Crippen molar-refractivity contribution in [3.63, 3.8) is 0 Å². The van der Waals surface area contributed by atoms with Crippen molar-refractivity contribution in [2.45, 2.75) is 23.6 Å². The number of sulfone groups is 1. The monoisotopic (exact) mass is 471 g/mol. The van der Waals surface area contributed by atoms with E-state index in [2.05, 4.69) is 15.1 Å². The van der Waals surface area contributed by atoms with E-state index in [-0.39, 0.29) is 32.5 Å². The van der Waals surface area contributed by atoms with Crippen molar-refractivity contribution >= 4 is 44.1 Å². The first kappa shape index (κ1) is 21.6. The van der Waals surface area contributed by atoms with Crippen molar-refractivity contribution in [2.24, 2.45) is 5.10 Å². The van der Waals surface area contributed by atoms with Gasteiger partial charge in [-0.25, -0.2) is 18.4 Å². The SMILES string of the molecule is Cc1ccc(S(=O)(=O)c2c(N)n(/N=C\c3ccccc3O)c3nc4ccccc4nc23)cc1C. The molecule has 0 spiro atoms. The van der Waals surface area contributed by atoms with E-state index < -0.39 is 9.84 Å². The highest BCUT2D eigenvalue weighted by molar-refractivity contribution is 7.92. The lowest BCUT2D eigenvalue weighted by molar-refractivity contribution is 0.474. The minimum atomic E-state index is -4.05. The van der Waals surface area contributed by atoms with Crippen molar-refractivity contribution in [1.82, 2.24) is 14.6 Å². The molecular weight excluding hydrogens is 450 g/mol. The number of aromatic hydroxyl groups is 1. The molecule has 0 aliphatic carbocycles. The van der Waals surface area contributed by atoms with Crippen molar-refractivity contribution in [1.29, 1.82) is 0 Å². The lowest BCUT2D eigenvalue weighted by Crippen LogP contribution is -2.07. The predicted molar refractivity (Wildman–Crippen MR) is 132 cm³/mol. The van der Waals surface area contributed by atoms with Gasteiger partial charge in [0.25, 0.3) is 0 Å². The van der Waals surface area contributed by atoms with Crippen LogP contribution in [-0.4, -0.2) is 34.4 Å². The van der Waals surface area contributed by atoms with Crippen LogP contribution < -0.4 is 5.73 Å². The molecule has 0 unspecified atom stereocenters. The number of anilines is 1. The molecule has 3 aromatic carbocycles. The maximum absolute atomic E-state index is 13.8. The number of nitrogens with zero attached hydrogens (tertiary/aromatic N) is 4. The predicted octanol–water partition coefficient (Wildman–Crippen LogP) is 4.20. The fourth-order valence-electron chi connectivity index (χ4n) is 3.72. The van der Waals surface area contributed by atoms with Gasteiger partial charge in [-0.2, -0.15) is 9.78 Å². The molecule has 2 aromatic heterocycles. The van der Waals surface area contributed by atoms with Gasteiger partial charge in [-0.1, -0.05) is 30.3 Å². The summed E-state index contributed by atoms with van der Waals surface area (Å²) in [5.41, 5.74) is 10.1. The standard InChI is InChI=1S/C25H21N5O3S/c1-15-11-12-18(13-16(15)2)34(32,33)23-22-25(29-20-9-5-4-8-19(20)28-22)30(24(23)26)27-14-17-7-3-6-10-21(17)31/h3-14,31H,26H2,1-2H3/b27-14-. The summed E-state index contributed by atoms with van der Waals surface area (Å²) in [4.78, 5) is 9.17. The summed E-state index contributed by atoms with van der Waals surface area (Å²) >= 11 is 0. The van der Waals surface area contributed by atoms with Gasteiger partial charge in [0.1, 0.15) is 22.0 Å². The van der Waals surface area contributed by atoms with Gasteiger partial charge in [0.05, 0.1) is 22.1 Å². The van der Waals surface area contributed by atoms with Gasteiger partial charge < -0.3 is 10.8 Å². The number of aryl methyl sites for hydroxylation is 2. The van der Waals surface area contributed by atoms with Gasteiger partial charge in [-0.15, -0.1) is 0 Å². The number of nitrogen functional groups attached to an aromatic ring is 1. The van der Waals surface area contributed by atoms with E-state index in [9.17, 15) is 13.5 Å². The Hall–Kier alpha value is -4.24. The number of phenolic OH excluding ortho intramolecular Hbond substituents is 1. The number of fused-ring (bicyclic) bond motifs is 2. The molecule has 3 N–H and O–H groups in total. The highest BCUT2D eigenvalue weighted by Crippen LogP contribution is 2.35. The molecule has 34 heavy (non-hydrogen) atoms. The van der Waals surface area contributed by atoms with Crippen molar-refractivity contribution in [2.75, 3.05) is 5.73 Å². The summed E-state index contributed by atoms with van der Waals surface area (Å²) in [5.74, 6) is -0.0870. The smallest absolute Gasteiger partial charge is 0.212 e. The zero-order chi connectivity index (χ0) is 24.0. The average Bonchev–Trinajstić information content (AvgIpc) is 3.09. The molecule has 0 radical (unpaired) electrons. The van der Waals surface area contributed by atoms with Crippen LogP contribution in [0.25, 0.3) is 22.2 Å². The first-order valence-electron chi connectivity index (χ1n) is 10.5. The van der Waals surface area contributed by atoms with E-state index in [1.54, 1.807) is 54.6 Å². The van der Waals surface area contributed by atoms with Gasteiger partial charge in [0, 0.05) is 5.56 Å². The van der Waals surface area contributed by atoms with Crippen LogP contribution in [0.5, 0.6) is 5.75 Å². The number of rotatable bonds is 4. The third-order valence-electron chi connectivity index (χ3n) is 5.74. The molecule has 170 valence electrons. The lowest BCUT2D eigenvalue weighted by Gasteiger charge is -2.07. The third kappa shape index (κ3) is 3.46. The summed E-state index contributed by atoms with van der Waals surface area (Å²) in [6.45, 7) is 3.77. The molecule has 0 saturated carbocycles. The van der Waals surface area contributed by atoms with Crippen LogP contribution in [0, 0.1) is 13.8 Å². The van der Waals surface area contributed by atoms with Crippen molar-refractivity contribution in [3.05, 3.63) is 83.4 Å². The van der Waals surface area contributed by atoms with Gasteiger partial charge in [0.2, 0.25) is 9.84 Å². The second kappa shape index (κ2) is 7.96. The highest BCUT2D eigenvalue weighted by Gasteiger charge is 2.30. The van der Waals surface area contributed by atoms with Crippen LogP contribution in [-0.2, 0) is 9.84 Å². The van der Waals surface area contributed by atoms with E-state index in [1.165, 1.54) is 17.0 Å². The summed E-state index contributed by atoms with van der Waals surface area (Å²) in [7, 11) is -4.05. The van der Waals surface area contributed by atoms with E-state index in [1.807, 2.05) is 19.9 Å². The lowest BCUT2D eigenvalue weighted by atomic mass is 10.1. The quantitative estimate of drug-likeness (QED) is 0.379. The Morgan fingerprint density at radius 2 is 1.62 bits per heavy atom. The summed E-state index contributed by atoms with van der Waals surface area (Å²) in [5, 5.41) is 14.5. The van der Waals surface area contributed by atoms with E-state index in [0.29, 0.717) is 16.6 Å². The molecule has 5 aromatic rings. The molecule has 5 rings (SSSR count). The molecular formula is C25H21N5O3S. The van der Waals surface area contributed by atoms with Gasteiger partial charge in [-0.3, -0.25) is 0 Å². The zero-order valence-electron chi connectivity index (χ0n) is 18.5. The topological polar surface area (TPSA) is 123 Å². The molecule has 2 heterocycles. The third-order valence-corrected chi connectivity index (χ3v) is 7.55. The summed E-state index contributed by atoms with van der Waals surface area (Å²) < 4.78 is 28.8. The zero-order valence-corrected chi connectivity index (χ0v) is 19.3. The normalized spacial score (nSPS) is 12.2. The number of hydrogen-bond acceptors (Lipinski definition) is 7. The summed E-state index contributed by atoms with van der Waals surface area (Å²) in [6, 6.07) is 18.7. The minimum absolute atomic E-state index is 0.0285. The number of nitrogens with two attached hydrogens (primary N) is 1. The Morgan fingerprint density at radius 3 is 2.32 bits per heavy atom. The van der Waals surface area contributed by atoms with Crippen LogP contribution in [0.2, 0.25) is 0 Å². The van der Waals surface area contributed by atoms with Crippen LogP contribution in [0.1, 0.15) is 16.7 Å². The second-order valence-electron chi connectivity index (χ2n) is 7.96. The van der Waals surface area contributed by atoms with E-state index >= 15 is 0 Å². The molecule has 0 atom stereocenters. The van der Waals surface area contributed by atoms with E-state index in [4.69, 9.17) is 5.73 Å². The Kier molecular flexibility index (Phi) is 5.06. The second-order valence-corrected chi connectivity index (χ2v) is 9.85. The minimum Gasteiger partial charge on any atom is -0.507 e. The molecule has 9 heteroatoms. The largest absolute Gasteiger partial charge is 0.507 e. The first-order valence-corrected chi connectivity index (χ1v) is 12.0. The molecule has 0 amide bonds. The number of hydrogen-bond donors (Lipinski definition) is 2. The highest BCUT2D eigenvalue weighted by atomic mass is 32.2. The van der Waals surface area contributed by atoms with Crippen LogP contribution in [0.4, 0.5) is 5.82 Å². The van der Waals surface area contributed by atoms with Crippen LogP contribution in [0.15, 0.2) is 81.6 Å². The average molecular weight is 472 g/mol. The van der Waals surface area contributed by atoms with Crippen molar-refractivity contribution in [3.8, 4) is 5.75 Å². The number of phenols is 1. The molecule has 0 aliphatic rings. The summed E-state index contributed by atoms with van der Waals surface area (Å²) in [6.07, 6.45) is 1.40. The molecule has 0 aliphatic heterocycles. The van der Waals surface area contributed by atoms with Crippen LogP contribution >= 0.6 is 0 Å². The molecule has 0 bridgehead atoms. The maximum atomic E-state index is 13.8. The van der Waals surface area contributed by atoms with Gasteiger partial charge in [0.15, 0.2) is 5.65 Å². The van der Waals surface area contributed by atoms with Crippen LogP contribution in [0.3, 0.4) is 0 Å². The molecule has 0 fully saturated rings. The Labute approximate surface area is 195 Å². The molecule has 0 saturated heterocycles. The van der Waals surface area contributed by atoms with Gasteiger partial charge >= 0.3 is 0 Å². The fraction of sp³-hybridized carbons (Fsp3) is 0.0800. The number of aromatic nitrogens is 3. The maximum Gasteiger partial charge on any atom is 0.212 e. The van der Waals surface area contributed by atoms with Gasteiger partial charge in [-0.05, 0) is 61.4 Å². The van der Waals surface area contributed by atoms with Crippen molar-refractivity contribution < 1.29 is 13.5 Å². The number of benzene rings is 3. The fourth-order valence-corrected chi connectivity index (χ4v) is 5.29.